The predicted octanol–water partition coefficient (Wildman–Crippen LogP) is 1.89. The van der Waals surface area contributed by atoms with E-state index in [2.05, 4.69) is 15.5 Å². The first-order chi connectivity index (χ1) is 11.0. The molecule has 3 rings (SSSR count). The number of aromatic nitrogens is 4. The molecule has 1 atom stereocenters. The highest BCUT2D eigenvalue weighted by molar-refractivity contribution is 5.21. The Hall–Kier alpha value is -2.16. The lowest BCUT2D eigenvalue weighted by Crippen LogP contribution is -2.27. The van der Waals surface area contributed by atoms with Crippen LogP contribution in [0.15, 0.2) is 30.3 Å². The fourth-order valence-electron chi connectivity index (χ4n) is 2.56. The molecular formula is C14H16F3N5O. The Balaban J connectivity index is 1.55. The summed E-state index contributed by atoms with van der Waals surface area (Å²) in [6, 6.07) is 9.47. The number of rotatable bonds is 5. The number of alkyl halides is 3. The number of halogens is 3. The Kier molecular flexibility index (Phi) is 4.46. The normalized spacial score (nSPS) is 19.2. The maximum absolute atomic E-state index is 12.5. The predicted molar refractivity (Wildman–Crippen MR) is 74.6 cm³/mol. The van der Waals surface area contributed by atoms with E-state index in [-0.39, 0.29) is 18.5 Å². The molecule has 124 valence electrons. The van der Waals surface area contributed by atoms with E-state index in [0.717, 1.165) is 23.4 Å². The number of hydrogen-bond donors (Lipinski definition) is 0. The van der Waals surface area contributed by atoms with Crippen LogP contribution >= 0.6 is 0 Å². The first kappa shape index (κ1) is 15.7. The van der Waals surface area contributed by atoms with Crippen molar-refractivity contribution < 1.29 is 17.9 Å². The zero-order valence-electron chi connectivity index (χ0n) is 12.3. The Morgan fingerprint density at radius 3 is 2.74 bits per heavy atom. The molecule has 0 spiro atoms. The van der Waals surface area contributed by atoms with Gasteiger partial charge in [0.05, 0.1) is 6.54 Å². The molecule has 0 saturated carbocycles. The molecule has 1 aliphatic heterocycles. The van der Waals surface area contributed by atoms with Gasteiger partial charge in [0.15, 0.2) is 5.82 Å². The van der Waals surface area contributed by atoms with Crippen LogP contribution in [0.1, 0.15) is 12.2 Å². The van der Waals surface area contributed by atoms with Crippen LogP contribution in [0.25, 0.3) is 0 Å². The molecule has 1 aromatic heterocycles. The number of tetrazole rings is 1. The van der Waals surface area contributed by atoms with Gasteiger partial charge in [-0.1, -0.05) is 18.2 Å². The van der Waals surface area contributed by atoms with E-state index in [9.17, 15) is 13.2 Å². The van der Waals surface area contributed by atoms with Crippen LogP contribution in [0.4, 0.5) is 13.2 Å². The van der Waals surface area contributed by atoms with Crippen LogP contribution in [-0.4, -0.2) is 50.5 Å². The van der Waals surface area contributed by atoms with E-state index < -0.39 is 12.7 Å². The van der Waals surface area contributed by atoms with Crippen LogP contribution in [0.5, 0.6) is 5.75 Å². The Labute approximate surface area is 130 Å². The fraction of sp³-hybridized carbons (Fsp3) is 0.500. The highest BCUT2D eigenvalue weighted by atomic mass is 19.4. The number of para-hydroxylation sites is 1. The lowest BCUT2D eigenvalue weighted by molar-refractivity contribution is -0.143. The first-order valence-corrected chi connectivity index (χ1v) is 7.25. The number of ether oxygens (including phenoxy) is 1. The second-order valence-corrected chi connectivity index (χ2v) is 5.44. The molecule has 0 amide bonds. The van der Waals surface area contributed by atoms with E-state index in [1.54, 1.807) is 0 Å². The topological polar surface area (TPSA) is 56.1 Å². The quantitative estimate of drug-likeness (QED) is 0.839. The zero-order valence-corrected chi connectivity index (χ0v) is 12.3. The summed E-state index contributed by atoms with van der Waals surface area (Å²) < 4.78 is 44.1. The summed E-state index contributed by atoms with van der Waals surface area (Å²) in [6.45, 7) is 0.467. The maximum Gasteiger partial charge on any atom is 0.408 e. The molecule has 6 nitrogen and oxygen atoms in total. The molecule has 1 unspecified atom stereocenters. The van der Waals surface area contributed by atoms with E-state index >= 15 is 0 Å². The van der Waals surface area contributed by atoms with Gasteiger partial charge in [-0.25, -0.2) is 4.68 Å². The van der Waals surface area contributed by atoms with Gasteiger partial charge in [0.25, 0.3) is 0 Å². The van der Waals surface area contributed by atoms with Crippen molar-refractivity contribution in [3.05, 3.63) is 36.2 Å². The van der Waals surface area contributed by atoms with Crippen molar-refractivity contribution in [2.24, 2.45) is 0 Å². The molecule has 0 bridgehead atoms. The highest BCUT2D eigenvalue weighted by Gasteiger charge is 2.31. The Morgan fingerprint density at radius 1 is 1.22 bits per heavy atom. The van der Waals surface area contributed by atoms with Crippen LogP contribution < -0.4 is 4.74 Å². The molecule has 1 aromatic carbocycles. The van der Waals surface area contributed by atoms with Crippen molar-refractivity contribution in [2.75, 3.05) is 13.1 Å². The van der Waals surface area contributed by atoms with Gasteiger partial charge in [0.2, 0.25) is 0 Å². The number of hydrogen-bond acceptors (Lipinski definition) is 5. The van der Waals surface area contributed by atoms with E-state index in [4.69, 9.17) is 4.74 Å². The number of likely N-dealkylation sites (tertiary alicyclic amines) is 1. The third-order valence-electron chi connectivity index (χ3n) is 3.58. The molecule has 0 N–H and O–H groups in total. The zero-order chi connectivity index (χ0) is 16.3. The van der Waals surface area contributed by atoms with E-state index in [1.807, 2.05) is 35.2 Å². The Bertz CT molecular complexity index is 631. The monoisotopic (exact) mass is 327 g/mol. The van der Waals surface area contributed by atoms with Crippen molar-refractivity contribution in [2.45, 2.75) is 31.8 Å². The minimum Gasteiger partial charge on any atom is -0.489 e. The third-order valence-corrected chi connectivity index (χ3v) is 3.58. The second-order valence-electron chi connectivity index (χ2n) is 5.44. The number of benzene rings is 1. The lowest BCUT2D eigenvalue weighted by atomic mass is 10.3. The summed E-state index contributed by atoms with van der Waals surface area (Å²) in [5.74, 6) is 1.00. The van der Waals surface area contributed by atoms with Crippen LogP contribution in [0.2, 0.25) is 0 Å². The van der Waals surface area contributed by atoms with Crippen molar-refractivity contribution in [3.8, 4) is 5.75 Å². The third kappa shape index (κ3) is 4.41. The van der Waals surface area contributed by atoms with Crippen LogP contribution in [0.3, 0.4) is 0 Å². The summed E-state index contributed by atoms with van der Waals surface area (Å²) in [5, 5.41) is 10.4. The second kappa shape index (κ2) is 6.53. The SMILES string of the molecule is FC(F)(F)Cn1nnnc1CN1CCC(Oc2ccccc2)C1. The van der Waals surface area contributed by atoms with Gasteiger partial charge in [-0.05, 0) is 29.0 Å². The molecule has 0 aliphatic carbocycles. The molecule has 2 heterocycles. The molecule has 23 heavy (non-hydrogen) atoms. The van der Waals surface area contributed by atoms with Crippen molar-refractivity contribution in [1.82, 2.24) is 25.1 Å². The largest absolute Gasteiger partial charge is 0.489 e. The molecular weight excluding hydrogens is 311 g/mol. The van der Waals surface area contributed by atoms with Gasteiger partial charge in [-0.3, -0.25) is 4.90 Å². The van der Waals surface area contributed by atoms with Gasteiger partial charge >= 0.3 is 6.18 Å². The summed E-state index contributed by atoms with van der Waals surface area (Å²) in [7, 11) is 0. The minimum absolute atomic E-state index is 0.0179. The average molecular weight is 327 g/mol. The van der Waals surface area contributed by atoms with E-state index in [1.165, 1.54) is 0 Å². The van der Waals surface area contributed by atoms with Crippen molar-refractivity contribution in [1.29, 1.82) is 0 Å². The van der Waals surface area contributed by atoms with Gasteiger partial charge in [0, 0.05) is 13.1 Å². The highest BCUT2D eigenvalue weighted by Crippen LogP contribution is 2.20. The molecule has 0 radical (unpaired) electrons. The molecule has 1 saturated heterocycles. The molecule has 2 aromatic rings. The number of nitrogens with zero attached hydrogens (tertiary/aromatic N) is 5. The van der Waals surface area contributed by atoms with Crippen molar-refractivity contribution >= 4 is 0 Å². The molecule has 1 aliphatic rings. The summed E-state index contributed by atoms with van der Waals surface area (Å²) >= 11 is 0. The van der Waals surface area contributed by atoms with Gasteiger partial charge in [-0.2, -0.15) is 13.2 Å². The van der Waals surface area contributed by atoms with Crippen LogP contribution in [-0.2, 0) is 13.1 Å². The molecule has 9 heteroatoms. The smallest absolute Gasteiger partial charge is 0.408 e. The molecule has 1 fully saturated rings. The van der Waals surface area contributed by atoms with Crippen molar-refractivity contribution in [3.63, 3.8) is 0 Å². The minimum atomic E-state index is -4.34. The summed E-state index contributed by atoms with van der Waals surface area (Å²) in [5.41, 5.74) is 0. The maximum atomic E-state index is 12.5. The van der Waals surface area contributed by atoms with Gasteiger partial charge in [0.1, 0.15) is 18.4 Å². The lowest BCUT2D eigenvalue weighted by Gasteiger charge is -2.16. The fourth-order valence-corrected chi connectivity index (χ4v) is 2.56. The average Bonchev–Trinajstić information content (AvgIpc) is 3.09. The van der Waals surface area contributed by atoms with Gasteiger partial charge < -0.3 is 4.74 Å². The summed E-state index contributed by atoms with van der Waals surface area (Å²) in [6.07, 6.45) is -3.51. The van der Waals surface area contributed by atoms with Crippen LogP contribution in [0, 0.1) is 0 Å². The van der Waals surface area contributed by atoms with Gasteiger partial charge in [-0.15, -0.1) is 5.10 Å². The summed E-state index contributed by atoms with van der Waals surface area (Å²) in [4.78, 5) is 1.99. The standard InChI is InChI=1S/C14H16F3N5O/c15-14(16,17)10-22-13(18-19-20-22)9-21-7-6-12(8-21)23-11-4-2-1-3-5-11/h1-5,12H,6-10H2. The Morgan fingerprint density at radius 2 is 2.00 bits per heavy atom. The first-order valence-electron chi connectivity index (χ1n) is 7.25. The van der Waals surface area contributed by atoms with E-state index in [0.29, 0.717) is 6.54 Å².